The van der Waals surface area contributed by atoms with Gasteiger partial charge in [-0.25, -0.2) is 4.39 Å². The molecule has 0 bridgehead atoms. The lowest BCUT2D eigenvalue weighted by Crippen LogP contribution is -2.89. The summed E-state index contributed by atoms with van der Waals surface area (Å²) < 4.78 is 24.3. The maximum absolute atomic E-state index is 13.0. The summed E-state index contributed by atoms with van der Waals surface area (Å²) in [6.45, 7) is 3.22. The van der Waals surface area contributed by atoms with E-state index in [-0.39, 0.29) is 18.5 Å². The normalized spacial score (nSPS) is 12.0. The molecule has 0 aliphatic heterocycles. The lowest BCUT2D eigenvalue weighted by atomic mass is 10.1. The van der Waals surface area contributed by atoms with Crippen LogP contribution in [-0.2, 0) is 13.2 Å². The third-order valence-corrected chi connectivity index (χ3v) is 4.01. The topological polar surface area (TPSA) is 55.3 Å². The molecular weight excluding hydrogens is 309 g/mol. The Kier molecular flexibility index (Phi) is 7.03. The quantitative estimate of drug-likeness (QED) is 0.739. The largest absolute Gasteiger partial charge is 0.493 e. The van der Waals surface area contributed by atoms with Crippen molar-refractivity contribution in [1.82, 2.24) is 0 Å². The number of aliphatic hydroxyl groups excluding tert-OH is 1. The van der Waals surface area contributed by atoms with E-state index in [1.807, 2.05) is 18.2 Å². The van der Waals surface area contributed by atoms with Crippen molar-refractivity contribution < 1.29 is 24.3 Å². The summed E-state index contributed by atoms with van der Waals surface area (Å²) in [7, 11) is 1.61. The number of halogens is 1. The monoisotopic (exact) mass is 334 g/mol. The van der Waals surface area contributed by atoms with Gasteiger partial charge in [0.05, 0.1) is 19.3 Å². The molecule has 0 saturated heterocycles. The van der Waals surface area contributed by atoms with Crippen molar-refractivity contribution in [1.29, 1.82) is 0 Å². The summed E-state index contributed by atoms with van der Waals surface area (Å²) >= 11 is 0. The predicted molar refractivity (Wildman–Crippen MR) is 90.5 cm³/mol. The summed E-state index contributed by atoms with van der Waals surface area (Å²) in [5.41, 5.74) is 1.89. The Hall–Kier alpha value is -2.11. The van der Waals surface area contributed by atoms with E-state index in [0.717, 1.165) is 17.5 Å². The van der Waals surface area contributed by atoms with E-state index in [2.05, 4.69) is 12.2 Å². The van der Waals surface area contributed by atoms with Gasteiger partial charge >= 0.3 is 0 Å². The minimum atomic E-state index is -0.263. The van der Waals surface area contributed by atoms with Gasteiger partial charge in [0.1, 0.15) is 25.0 Å². The fraction of sp³-hybridized carbons (Fsp3) is 0.368. The number of hydrogen-bond donors (Lipinski definition) is 2. The molecule has 24 heavy (non-hydrogen) atoms. The molecule has 0 spiro atoms. The lowest BCUT2D eigenvalue weighted by Gasteiger charge is -2.16. The molecule has 130 valence electrons. The molecule has 0 aliphatic carbocycles. The second-order valence-corrected chi connectivity index (χ2v) is 5.65. The van der Waals surface area contributed by atoms with Gasteiger partial charge in [0, 0.05) is 0 Å². The fourth-order valence-corrected chi connectivity index (χ4v) is 2.45. The number of methoxy groups -OCH3 is 1. The summed E-state index contributed by atoms with van der Waals surface area (Å²) in [5.74, 6) is 1.09. The number of benzene rings is 2. The SMILES string of the molecule is CC[C@@H](CO)[NH2+]Cc1cccc(OC)c1OCc1ccc(F)cc1. The van der Waals surface area contributed by atoms with Crippen LogP contribution in [0.25, 0.3) is 0 Å². The maximum Gasteiger partial charge on any atom is 0.170 e. The first-order valence-corrected chi connectivity index (χ1v) is 8.15. The Balaban J connectivity index is 2.12. The first-order chi connectivity index (χ1) is 11.7. The minimum absolute atomic E-state index is 0.145. The van der Waals surface area contributed by atoms with Gasteiger partial charge < -0.3 is 19.9 Å². The summed E-state index contributed by atoms with van der Waals surface area (Å²) in [6, 6.07) is 12.2. The van der Waals surface area contributed by atoms with Crippen LogP contribution in [0.4, 0.5) is 4.39 Å². The average Bonchev–Trinajstić information content (AvgIpc) is 2.62. The van der Waals surface area contributed by atoms with E-state index in [4.69, 9.17) is 9.47 Å². The van der Waals surface area contributed by atoms with Crippen molar-refractivity contribution in [3.05, 3.63) is 59.4 Å². The first-order valence-electron chi connectivity index (χ1n) is 8.15. The second kappa shape index (κ2) is 9.25. The molecule has 2 rings (SSSR count). The highest BCUT2D eigenvalue weighted by atomic mass is 19.1. The Morgan fingerprint density at radius 1 is 1.17 bits per heavy atom. The van der Waals surface area contributed by atoms with Crippen LogP contribution < -0.4 is 14.8 Å². The van der Waals surface area contributed by atoms with Crippen molar-refractivity contribution in [3.8, 4) is 11.5 Å². The zero-order valence-corrected chi connectivity index (χ0v) is 14.2. The maximum atomic E-state index is 13.0. The second-order valence-electron chi connectivity index (χ2n) is 5.65. The Morgan fingerprint density at radius 2 is 1.92 bits per heavy atom. The van der Waals surface area contributed by atoms with Crippen LogP contribution >= 0.6 is 0 Å². The first kappa shape index (κ1) is 18.2. The predicted octanol–water partition coefficient (Wildman–Crippen LogP) is 2.25. The molecule has 5 heteroatoms. The van der Waals surface area contributed by atoms with Crippen LogP contribution in [0.15, 0.2) is 42.5 Å². The molecule has 0 unspecified atom stereocenters. The van der Waals surface area contributed by atoms with Crippen molar-refractivity contribution in [3.63, 3.8) is 0 Å². The minimum Gasteiger partial charge on any atom is -0.493 e. The average molecular weight is 334 g/mol. The summed E-state index contributed by atoms with van der Waals surface area (Å²) in [4.78, 5) is 0. The lowest BCUT2D eigenvalue weighted by molar-refractivity contribution is -0.706. The molecule has 1 atom stereocenters. The van der Waals surface area contributed by atoms with Gasteiger partial charge in [0.2, 0.25) is 0 Å². The van der Waals surface area contributed by atoms with E-state index in [1.165, 1.54) is 12.1 Å². The van der Waals surface area contributed by atoms with Crippen LogP contribution in [0, 0.1) is 5.82 Å². The molecular formula is C19H25FNO3+. The molecule has 0 amide bonds. The van der Waals surface area contributed by atoms with E-state index < -0.39 is 0 Å². The highest BCUT2D eigenvalue weighted by molar-refractivity contribution is 5.46. The zero-order valence-electron chi connectivity index (χ0n) is 14.2. The summed E-state index contributed by atoms with van der Waals surface area (Å²) in [5, 5.41) is 11.4. The fourth-order valence-electron chi connectivity index (χ4n) is 2.45. The highest BCUT2D eigenvalue weighted by Crippen LogP contribution is 2.31. The summed E-state index contributed by atoms with van der Waals surface area (Å²) in [6.07, 6.45) is 0.895. The molecule has 0 heterocycles. The van der Waals surface area contributed by atoms with Gasteiger partial charge in [-0.3, -0.25) is 0 Å². The molecule has 0 fully saturated rings. The highest BCUT2D eigenvalue weighted by Gasteiger charge is 2.15. The van der Waals surface area contributed by atoms with Gasteiger partial charge in [-0.15, -0.1) is 0 Å². The zero-order chi connectivity index (χ0) is 17.4. The Morgan fingerprint density at radius 3 is 2.54 bits per heavy atom. The van der Waals surface area contributed by atoms with Crippen molar-refractivity contribution >= 4 is 0 Å². The van der Waals surface area contributed by atoms with Gasteiger partial charge in [-0.2, -0.15) is 0 Å². The number of para-hydroxylation sites is 1. The number of rotatable bonds is 9. The van der Waals surface area contributed by atoms with Gasteiger partial charge in [-0.1, -0.05) is 25.1 Å². The van der Waals surface area contributed by atoms with Crippen molar-refractivity contribution in [2.24, 2.45) is 0 Å². The molecule has 2 aromatic carbocycles. The molecule has 0 aromatic heterocycles. The number of quaternary nitrogens is 1. The molecule has 2 aromatic rings. The number of aliphatic hydroxyl groups is 1. The molecule has 0 saturated carbocycles. The van der Waals surface area contributed by atoms with E-state index in [9.17, 15) is 9.50 Å². The van der Waals surface area contributed by atoms with Crippen LogP contribution in [0.3, 0.4) is 0 Å². The van der Waals surface area contributed by atoms with E-state index in [1.54, 1.807) is 19.2 Å². The Bertz CT molecular complexity index is 627. The number of hydrogen-bond acceptors (Lipinski definition) is 3. The van der Waals surface area contributed by atoms with E-state index in [0.29, 0.717) is 24.7 Å². The standard InChI is InChI=1S/C19H24FNO3/c1-3-17(12-22)21-11-15-5-4-6-18(23-2)19(15)24-13-14-7-9-16(20)10-8-14/h4-10,17,21-22H,3,11-13H2,1-2H3/p+1/t17-/m0/s1. The third kappa shape index (κ3) is 4.94. The van der Waals surface area contributed by atoms with Gasteiger partial charge in [0.25, 0.3) is 0 Å². The van der Waals surface area contributed by atoms with Crippen molar-refractivity contribution in [2.75, 3.05) is 13.7 Å². The molecule has 4 nitrogen and oxygen atoms in total. The van der Waals surface area contributed by atoms with Gasteiger partial charge in [-0.05, 0) is 36.2 Å². The van der Waals surface area contributed by atoms with Crippen LogP contribution in [0.5, 0.6) is 11.5 Å². The van der Waals surface area contributed by atoms with Crippen LogP contribution in [-0.4, -0.2) is 24.9 Å². The van der Waals surface area contributed by atoms with Crippen LogP contribution in [0.1, 0.15) is 24.5 Å². The number of nitrogens with two attached hydrogens (primary N) is 1. The molecule has 3 N–H and O–H groups in total. The smallest absolute Gasteiger partial charge is 0.170 e. The van der Waals surface area contributed by atoms with E-state index >= 15 is 0 Å². The molecule has 0 aliphatic rings. The number of ether oxygens (including phenoxy) is 2. The Labute approximate surface area is 142 Å². The van der Waals surface area contributed by atoms with Crippen LogP contribution in [0.2, 0.25) is 0 Å². The third-order valence-electron chi connectivity index (χ3n) is 4.01. The molecule has 0 radical (unpaired) electrons. The van der Waals surface area contributed by atoms with Gasteiger partial charge in [0.15, 0.2) is 11.5 Å². The van der Waals surface area contributed by atoms with Crippen molar-refractivity contribution in [2.45, 2.75) is 32.5 Å².